The summed E-state index contributed by atoms with van der Waals surface area (Å²) < 4.78 is 39.0. The summed E-state index contributed by atoms with van der Waals surface area (Å²) in [4.78, 5) is 0. The van der Waals surface area contributed by atoms with Gasteiger partial charge in [-0.1, -0.05) is 6.07 Å². The molecule has 0 amide bonds. The van der Waals surface area contributed by atoms with E-state index in [2.05, 4.69) is 38.9 Å². The topological polar surface area (TPSA) is 80.4 Å². The van der Waals surface area contributed by atoms with Crippen molar-refractivity contribution in [2.24, 2.45) is 0 Å². The molecule has 0 aliphatic carbocycles. The van der Waals surface area contributed by atoms with Crippen molar-refractivity contribution in [3.05, 3.63) is 125 Å². The SMILES string of the molecule is Cc1cc(Nc2ccc(Nc3ccc(Nc4ccc(NNc5cccc(C(F)(F)F)c5)cc4C)cc3C)cc2C)ccc1O. The van der Waals surface area contributed by atoms with Gasteiger partial charge < -0.3 is 31.9 Å². The molecule has 226 valence electrons. The maximum atomic E-state index is 13.0. The van der Waals surface area contributed by atoms with Crippen molar-refractivity contribution in [3.8, 4) is 5.75 Å². The van der Waals surface area contributed by atoms with E-state index in [0.717, 1.165) is 74.2 Å². The van der Waals surface area contributed by atoms with E-state index in [0.29, 0.717) is 5.69 Å². The summed E-state index contributed by atoms with van der Waals surface area (Å²) in [6, 6.07) is 28.4. The third-order valence-electron chi connectivity index (χ3n) is 7.25. The number of phenols is 1. The fourth-order valence-corrected chi connectivity index (χ4v) is 4.76. The molecule has 0 radical (unpaired) electrons. The number of alkyl halides is 3. The second-order valence-electron chi connectivity index (χ2n) is 10.8. The average molecular weight is 598 g/mol. The first-order valence-electron chi connectivity index (χ1n) is 14.1. The number of anilines is 8. The van der Waals surface area contributed by atoms with Crippen molar-refractivity contribution in [1.29, 1.82) is 0 Å². The van der Waals surface area contributed by atoms with Crippen LogP contribution in [0.3, 0.4) is 0 Å². The Kier molecular flexibility index (Phi) is 8.57. The highest BCUT2D eigenvalue weighted by Gasteiger charge is 2.30. The van der Waals surface area contributed by atoms with Gasteiger partial charge >= 0.3 is 6.18 Å². The van der Waals surface area contributed by atoms with E-state index in [-0.39, 0.29) is 5.75 Å². The Labute approximate surface area is 254 Å². The Morgan fingerprint density at radius 3 is 1.34 bits per heavy atom. The Morgan fingerprint density at radius 1 is 0.477 bits per heavy atom. The highest BCUT2D eigenvalue weighted by molar-refractivity contribution is 5.74. The fourth-order valence-electron chi connectivity index (χ4n) is 4.76. The molecule has 0 bridgehead atoms. The first kappa shape index (κ1) is 30.2. The summed E-state index contributed by atoms with van der Waals surface area (Å²) in [5.74, 6) is 0.275. The van der Waals surface area contributed by atoms with Gasteiger partial charge in [0, 0.05) is 34.1 Å². The first-order chi connectivity index (χ1) is 20.9. The van der Waals surface area contributed by atoms with Crippen LogP contribution in [-0.4, -0.2) is 5.11 Å². The maximum Gasteiger partial charge on any atom is 0.416 e. The van der Waals surface area contributed by atoms with E-state index in [9.17, 15) is 18.3 Å². The van der Waals surface area contributed by atoms with E-state index in [1.165, 1.54) is 6.07 Å². The van der Waals surface area contributed by atoms with Gasteiger partial charge in [-0.2, -0.15) is 13.2 Å². The van der Waals surface area contributed by atoms with Gasteiger partial charge in [-0.25, -0.2) is 0 Å². The van der Waals surface area contributed by atoms with Crippen LogP contribution >= 0.6 is 0 Å². The quantitative estimate of drug-likeness (QED) is 0.0750. The van der Waals surface area contributed by atoms with Crippen LogP contribution in [0.1, 0.15) is 27.8 Å². The van der Waals surface area contributed by atoms with Gasteiger partial charge in [-0.15, -0.1) is 0 Å². The van der Waals surface area contributed by atoms with Crippen molar-refractivity contribution in [2.45, 2.75) is 33.9 Å². The van der Waals surface area contributed by atoms with Crippen LogP contribution in [0, 0.1) is 27.7 Å². The third kappa shape index (κ3) is 7.36. The number of phenolic OH excluding ortho intramolecular Hbond substituents is 1. The number of halogens is 3. The lowest BCUT2D eigenvalue weighted by Gasteiger charge is -2.17. The van der Waals surface area contributed by atoms with Crippen LogP contribution in [0.2, 0.25) is 0 Å². The molecule has 0 aliphatic heterocycles. The van der Waals surface area contributed by atoms with Crippen molar-refractivity contribution in [2.75, 3.05) is 26.8 Å². The highest BCUT2D eigenvalue weighted by atomic mass is 19.4. The summed E-state index contributed by atoms with van der Waals surface area (Å²) in [7, 11) is 0. The van der Waals surface area contributed by atoms with E-state index >= 15 is 0 Å². The minimum atomic E-state index is -4.40. The molecule has 0 unspecified atom stereocenters. The van der Waals surface area contributed by atoms with E-state index in [1.54, 1.807) is 12.1 Å². The van der Waals surface area contributed by atoms with Gasteiger partial charge in [0.2, 0.25) is 0 Å². The van der Waals surface area contributed by atoms with Crippen molar-refractivity contribution in [1.82, 2.24) is 0 Å². The number of hydrogen-bond acceptors (Lipinski definition) is 6. The second-order valence-corrected chi connectivity index (χ2v) is 10.8. The molecule has 5 rings (SSSR count). The van der Waals surface area contributed by atoms with Gasteiger partial charge in [0.05, 0.1) is 16.9 Å². The summed E-state index contributed by atoms with van der Waals surface area (Å²) in [5.41, 5.74) is 15.8. The predicted octanol–water partition coefficient (Wildman–Crippen LogP) is 10.3. The molecule has 0 saturated heterocycles. The lowest BCUT2D eigenvalue weighted by molar-refractivity contribution is -0.137. The van der Waals surface area contributed by atoms with Gasteiger partial charge in [-0.05, 0) is 141 Å². The largest absolute Gasteiger partial charge is 0.508 e. The number of rotatable bonds is 9. The lowest BCUT2D eigenvalue weighted by Crippen LogP contribution is -2.11. The molecule has 6 N–H and O–H groups in total. The molecule has 0 atom stereocenters. The van der Waals surface area contributed by atoms with Crippen LogP contribution in [0.5, 0.6) is 5.75 Å². The maximum absolute atomic E-state index is 13.0. The molecule has 0 fully saturated rings. The van der Waals surface area contributed by atoms with Crippen molar-refractivity contribution < 1.29 is 18.3 Å². The average Bonchev–Trinajstić information content (AvgIpc) is 2.97. The van der Waals surface area contributed by atoms with Crippen LogP contribution < -0.4 is 26.8 Å². The van der Waals surface area contributed by atoms with E-state index in [4.69, 9.17) is 0 Å². The molecule has 6 nitrogen and oxygen atoms in total. The molecule has 5 aromatic rings. The van der Waals surface area contributed by atoms with Crippen LogP contribution in [-0.2, 0) is 6.18 Å². The van der Waals surface area contributed by atoms with E-state index < -0.39 is 11.7 Å². The summed E-state index contributed by atoms with van der Waals surface area (Å²) in [5, 5.41) is 20.1. The summed E-state index contributed by atoms with van der Waals surface area (Å²) >= 11 is 0. The Hall–Kier alpha value is -5.31. The molecule has 44 heavy (non-hydrogen) atoms. The molecule has 0 aromatic heterocycles. The molecule has 0 heterocycles. The lowest BCUT2D eigenvalue weighted by atomic mass is 10.1. The van der Waals surface area contributed by atoms with Crippen LogP contribution in [0.25, 0.3) is 0 Å². The van der Waals surface area contributed by atoms with Gasteiger partial charge in [0.15, 0.2) is 0 Å². The Bertz CT molecular complexity index is 1800. The molecule has 5 aromatic carbocycles. The number of hydrogen-bond donors (Lipinski definition) is 6. The zero-order chi connectivity index (χ0) is 31.4. The first-order valence-corrected chi connectivity index (χ1v) is 14.1. The molecular weight excluding hydrogens is 563 g/mol. The van der Waals surface area contributed by atoms with Gasteiger partial charge in [0.25, 0.3) is 0 Å². The van der Waals surface area contributed by atoms with Crippen molar-refractivity contribution in [3.63, 3.8) is 0 Å². The number of benzene rings is 5. The number of aromatic hydroxyl groups is 1. The second kappa shape index (κ2) is 12.5. The molecule has 0 saturated carbocycles. The number of aryl methyl sites for hydroxylation is 4. The van der Waals surface area contributed by atoms with E-state index in [1.807, 2.05) is 82.3 Å². The van der Waals surface area contributed by atoms with Gasteiger partial charge in [0.1, 0.15) is 5.75 Å². The number of nitrogens with one attached hydrogen (secondary N) is 5. The molecule has 0 aliphatic rings. The highest BCUT2D eigenvalue weighted by Crippen LogP contribution is 2.32. The summed E-state index contributed by atoms with van der Waals surface area (Å²) in [6.45, 7) is 7.92. The monoisotopic (exact) mass is 597 g/mol. The third-order valence-corrected chi connectivity index (χ3v) is 7.25. The molecular formula is C35H34F3N5O. The molecule has 9 heteroatoms. The van der Waals surface area contributed by atoms with Crippen LogP contribution in [0.4, 0.5) is 58.7 Å². The zero-order valence-electron chi connectivity index (χ0n) is 24.8. The van der Waals surface area contributed by atoms with Crippen molar-refractivity contribution >= 4 is 45.5 Å². The standard InChI is InChI=1S/C35H34F3N5O/c1-21-16-27(40-33-14-10-30(18-23(33)3)43-42-29-7-5-6-25(20-29)35(36,37)38)8-12-31(21)39-26-9-13-32(22(2)17-26)41-28-11-15-34(44)24(4)19-28/h5-20,39-44H,1-4H3. The predicted molar refractivity (Wildman–Crippen MR) is 175 cm³/mol. The van der Waals surface area contributed by atoms with Gasteiger partial charge in [-0.3, -0.25) is 0 Å². The minimum Gasteiger partial charge on any atom is -0.508 e. The normalized spacial score (nSPS) is 11.2. The molecule has 0 spiro atoms. The summed E-state index contributed by atoms with van der Waals surface area (Å²) in [6.07, 6.45) is -4.40. The minimum absolute atomic E-state index is 0.275. The smallest absolute Gasteiger partial charge is 0.416 e. The number of hydrazine groups is 1. The fraction of sp³-hybridized carbons (Fsp3) is 0.143. The zero-order valence-corrected chi connectivity index (χ0v) is 24.8. The Morgan fingerprint density at radius 2 is 0.886 bits per heavy atom. The van der Waals surface area contributed by atoms with Crippen LogP contribution in [0.15, 0.2) is 97.1 Å². The Balaban J connectivity index is 1.20.